The molecular weight excluding hydrogens is 488 g/mol. The third kappa shape index (κ3) is 11.1. The van der Waals surface area contributed by atoms with Crippen LogP contribution in [0, 0.1) is 16.2 Å². The molecule has 0 radical (unpaired) electrons. The minimum absolute atomic E-state index is 0.324. The molecule has 184 valence electrons. The fourth-order valence-electron chi connectivity index (χ4n) is 4.93. The summed E-state index contributed by atoms with van der Waals surface area (Å²) >= 11 is 7.23. The van der Waals surface area contributed by atoms with Crippen molar-refractivity contribution in [1.29, 1.82) is 0 Å². The molecule has 0 aromatic rings. The Morgan fingerprint density at radius 3 is 1.48 bits per heavy atom. The summed E-state index contributed by atoms with van der Waals surface area (Å²) in [7, 11) is 0. The first kappa shape index (κ1) is 29.7. The van der Waals surface area contributed by atoms with Crippen LogP contribution in [-0.2, 0) is 4.79 Å². The molecule has 0 atom stereocenters. The van der Waals surface area contributed by atoms with Gasteiger partial charge >= 0.3 is 5.97 Å². The Morgan fingerprint density at radius 2 is 1.19 bits per heavy atom. The van der Waals surface area contributed by atoms with Gasteiger partial charge in [-0.25, -0.2) is 0 Å². The summed E-state index contributed by atoms with van der Waals surface area (Å²) in [5.41, 5.74) is 1.18. The van der Waals surface area contributed by atoms with Crippen molar-refractivity contribution >= 4 is 45.4 Å². The number of hydrogen-bond acceptors (Lipinski definition) is 3. The quantitative estimate of drug-likeness (QED) is 0.199. The van der Waals surface area contributed by atoms with Crippen molar-refractivity contribution in [3.63, 3.8) is 0 Å². The fourth-order valence-corrected chi connectivity index (χ4v) is 6.07. The monoisotopic (exact) mass is 536 g/mol. The van der Waals surface area contributed by atoms with E-state index in [9.17, 15) is 4.79 Å². The van der Waals surface area contributed by atoms with E-state index < -0.39 is 5.97 Å². The predicted molar refractivity (Wildman–Crippen MR) is 146 cm³/mol. The van der Waals surface area contributed by atoms with Crippen LogP contribution in [-0.4, -0.2) is 40.4 Å². The van der Waals surface area contributed by atoms with Crippen molar-refractivity contribution in [3.8, 4) is 0 Å². The molecule has 0 unspecified atom stereocenters. The topological polar surface area (TPSA) is 37.3 Å². The molecule has 2 nitrogen and oxygen atoms in total. The minimum atomic E-state index is -0.574. The van der Waals surface area contributed by atoms with Crippen LogP contribution >= 0.6 is 39.5 Å². The predicted octanol–water partition coefficient (Wildman–Crippen LogP) is 9.06. The van der Waals surface area contributed by atoms with Crippen LogP contribution in [0.15, 0.2) is 0 Å². The van der Waals surface area contributed by atoms with Crippen LogP contribution < -0.4 is 0 Å². The van der Waals surface area contributed by atoms with E-state index in [0.29, 0.717) is 0 Å². The second kappa shape index (κ2) is 15.5. The zero-order valence-corrected chi connectivity index (χ0v) is 24.0. The van der Waals surface area contributed by atoms with E-state index in [2.05, 4.69) is 42.3 Å². The van der Waals surface area contributed by atoms with E-state index in [-0.39, 0.29) is 5.41 Å². The van der Waals surface area contributed by atoms with Crippen LogP contribution in [0.2, 0.25) is 0 Å². The second-order valence-electron chi connectivity index (χ2n) is 10.8. The van der Waals surface area contributed by atoms with Gasteiger partial charge in [-0.05, 0) is 112 Å². The molecule has 0 spiro atoms. The maximum Gasteiger partial charge on any atom is 0.309 e. The lowest BCUT2D eigenvalue weighted by Crippen LogP contribution is -2.37. The summed E-state index contributed by atoms with van der Waals surface area (Å²) in [6, 6.07) is 0. The summed E-state index contributed by atoms with van der Waals surface area (Å²) in [6.07, 6.45) is 23.6. The van der Waals surface area contributed by atoms with Crippen molar-refractivity contribution in [2.75, 3.05) is 29.3 Å². The summed E-state index contributed by atoms with van der Waals surface area (Å²) in [6.45, 7) is 4.86. The van der Waals surface area contributed by atoms with Gasteiger partial charge in [0.15, 0.2) is 0 Å². The Kier molecular flexibility index (Phi) is 14.9. The second-order valence-corrected chi connectivity index (χ2v) is 13.5. The van der Waals surface area contributed by atoms with E-state index in [1.54, 1.807) is 11.8 Å². The van der Waals surface area contributed by atoms with Gasteiger partial charge in [-0.1, -0.05) is 49.0 Å². The number of alkyl halides is 1. The van der Waals surface area contributed by atoms with Crippen LogP contribution in [0.4, 0.5) is 0 Å². The third-order valence-electron chi connectivity index (χ3n) is 7.93. The van der Waals surface area contributed by atoms with E-state index in [1.165, 1.54) is 75.3 Å². The van der Waals surface area contributed by atoms with Crippen molar-refractivity contribution in [1.82, 2.24) is 0 Å². The molecule has 0 bridgehead atoms. The highest BCUT2D eigenvalue weighted by molar-refractivity contribution is 9.09. The molecule has 31 heavy (non-hydrogen) atoms. The molecule has 3 aliphatic carbocycles. The molecule has 1 N–H and O–H groups in total. The van der Waals surface area contributed by atoms with E-state index in [1.807, 2.05) is 11.8 Å². The minimum Gasteiger partial charge on any atom is -0.481 e. The lowest BCUT2D eigenvalue weighted by molar-refractivity contribution is -0.155. The first-order valence-electron chi connectivity index (χ1n) is 12.5. The van der Waals surface area contributed by atoms with E-state index in [4.69, 9.17) is 5.11 Å². The average Bonchev–Trinajstić information content (AvgIpc) is 2.66. The Bertz CT molecular complexity index is 486. The Morgan fingerprint density at radius 1 is 0.774 bits per heavy atom. The number of rotatable bonds is 12. The van der Waals surface area contributed by atoms with Crippen LogP contribution in [0.1, 0.15) is 110 Å². The maximum atomic E-state index is 10.9. The van der Waals surface area contributed by atoms with Gasteiger partial charge in [0.05, 0.1) is 5.41 Å². The SMILES string of the molecule is CC1(CCCBr)CCC1.CSCCCC1(C(=O)O)CCC1.CSCCCC1(C)CCC1. The Balaban J connectivity index is 0.000000235. The van der Waals surface area contributed by atoms with Gasteiger partial charge < -0.3 is 5.11 Å². The first-order chi connectivity index (χ1) is 14.7. The number of carboxylic acids is 1. The standard InChI is InChI=1S/C9H16O2S.C9H18S.C8H15Br/c1-12-7-3-6-9(8(10)11)4-2-5-9;1-9(5-3-6-9)7-4-8-10-2;1-8(4-2-5-8)6-3-7-9/h2-7H2,1H3,(H,10,11);3-8H2,1-2H3;2-7H2,1H3. The highest BCUT2D eigenvalue weighted by atomic mass is 79.9. The molecule has 0 aromatic carbocycles. The van der Waals surface area contributed by atoms with Crippen LogP contribution in [0.3, 0.4) is 0 Å². The number of carboxylic acid groups (broad SMARTS) is 1. The van der Waals surface area contributed by atoms with Gasteiger partial charge in [0.25, 0.3) is 0 Å². The smallest absolute Gasteiger partial charge is 0.309 e. The highest BCUT2D eigenvalue weighted by Crippen LogP contribution is 2.46. The summed E-state index contributed by atoms with van der Waals surface area (Å²) in [4.78, 5) is 10.9. The largest absolute Gasteiger partial charge is 0.481 e. The van der Waals surface area contributed by atoms with Crippen molar-refractivity contribution in [2.45, 2.75) is 110 Å². The zero-order valence-electron chi connectivity index (χ0n) is 20.8. The zero-order chi connectivity index (χ0) is 23.2. The summed E-state index contributed by atoms with van der Waals surface area (Å²) in [5, 5.41) is 10.2. The van der Waals surface area contributed by atoms with Crippen molar-refractivity contribution in [3.05, 3.63) is 0 Å². The van der Waals surface area contributed by atoms with Gasteiger partial charge in [0, 0.05) is 5.33 Å². The molecule has 0 amide bonds. The van der Waals surface area contributed by atoms with Gasteiger partial charge in [-0.2, -0.15) is 23.5 Å². The third-order valence-corrected chi connectivity index (χ3v) is 9.89. The van der Waals surface area contributed by atoms with E-state index >= 15 is 0 Å². The van der Waals surface area contributed by atoms with Crippen LogP contribution in [0.25, 0.3) is 0 Å². The van der Waals surface area contributed by atoms with E-state index in [0.717, 1.165) is 48.7 Å². The van der Waals surface area contributed by atoms with Gasteiger partial charge in [0.1, 0.15) is 0 Å². The number of thioether (sulfide) groups is 2. The molecular formula is C26H49BrO2S2. The molecule has 3 fully saturated rings. The first-order valence-corrected chi connectivity index (χ1v) is 16.4. The molecule has 3 rings (SSSR count). The van der Waals surface area contributed by atoms with Crippen molar-refractivity contribution in [2.24, 2.45) is 16.2 Å². The van der Waals surface area contributed by atoms with Gasteiger partial charge in [0.2, 0.25) is 0 Å². The van der Waals surface area contributed by atoms with Crippen LogP contribution in [0.5, 0.6) is 0 Å². The Labute approximate surface area is 210 Å². The van der Waals surface area contributed by atoms with Gasteiger partial charge in [-0.15, -0.1) is 0 Å². The average molecular weight is 538 g/mol. The molecule has 0 saturated heterocycles. The number of carbonyl (C=O) groups is 1. The molecule has 3 saturated carbocycles. The lowest BCUT2D eigenvalue weighted by Gasteiger charge is -2.38. The molecule has 0 aliphatic heterocycles. The molecule has 3 aliphatic rings. The number of hydrogen-bond donors (Lipinski definition) is 1. The molecule has 0 heterocycles. The summed E-state index contributed by atoms with van der Waals surface area (Å²) < 4.78 is 0. The Hall–Kier alpha value is 0.650. The molecule has 5 heteroatoms. The fraction of sp³-hybridized carbons (Fsp3) is 0.962. The lowest BCUT2D eigenvalue weighted by atomic mass is 9.66. The summed E-state index contributed by atoms with van der Waals surface area (Å²) in [5.74, 6) is 1.87. The number of halogens is 1. The number of aliphatic carboxylic acids is 1. The highest BCUT2D eigenvalue weighted by Gasteiger charge is 2.43. The maximum absolute atomic E-state index is 10.9. The van der Waals surface area contributed by atoms with Gasteiger partial charge in [-0.3, -0.25) is 4.79 Å². The normalized spacial score (nSPS) is 21.7. The van der Waals surface area contributed by atoms with Crippen molar-refractivity contribution < 1.29 is 9.90 Å². The molecule has 0 aromatic heterocycles.